The molecule has 1 saturated heterocycles. The number of hydrogen-bond acceptors (Lipinski definition) is 3. The minimum absolute atomic E-state index is 0.0475. The quantitative estimate of drug-likeness (QED) is 0.728. The number of carbonyl (C=O) groups excluding carboxylic acids is 1. The smallest absolute Gasteiger partial charge is 0.243 e. The van der Waals surface area contributed by atoms with E-state index in [0.29, 0.717) is 37.0 Å². The fourth-order valence-electron chi connectivity index (χ4n) is 3.40. The molecule has 5 nitrogen and oxygen atoms in total. The van der Waals surface area contributed by atoms with Crippen LogP contribution in [0.5, 0.6) is 0 Å². The van der Waals surface area contributed by atoms with Gasteiger partial charge in [0.1, 0.15) is 0 Å². The monoisotopic (exact) mass is 380 g/mol. The molecule has 1 amide bonds. The van der Waals surface area contributed by atoms with Crippen molar-refractivity contribution < 1.29 is 13.2 Å². The predicted molar refractivity (Wildman–Crippen MR) is 105 cm³/mol. The van der Waals surface area contributed by atoms with E-state index >= 15 is 0 Å². The fourth-order valence-corrected chi connectivity index (χ4v) is 4.82. The minimum Gasteiger partial charge on any atom is -0.340 e. The zero-order valence-electron chi connectivity index (χ0n) is 16.4. The van der Waals surface area contributed by atoms with E-state index in [0.717, 1.165) is 24.8 Å². The molecule has 0 bridgehead atoms. The summed E-state index contributed by atoms with van der Waals surface area (Å²) in [4.78, 5) is 14.6. The molecule has 1 atom stereocenters. The second kappa shape index (κ2) is 9.00. The highest BCUT2D eigenvalue weighted by Gasteiger charge is 2.31. The molecule has 146 valence electrons. The maximum absolute atomic E-state index is 12.9. The Morgan fingerprint density at radius 3 is 1.96 bits per heavy atom. The van der Waals surface area contributed by atoms with E-state index in [1.165, 1.54) is 4.31 Å². The van der Waals surface area contributed by atoms with Crippen molar-refractivity contribution in [2.24, 2.45) is 5.92 Å². The van der Waals surface area contributed by atoms with Crippen LogP contribution < -0.4 is 0 Å². The van der Waals surface area contributed by atoms with Gasteiger partial charge in [-0.15, -0.1) is 0 Å². The number of nitrogens with zero attached hydrogens (tertiary/aromatic N) is 2. The highest BCUT2D eigenvalue weighted by molar-refractivity contribution is 7.89. The average Bonchev–Trinajstić information content (AvgIpc) is 2.68. The number of hydrogen-bond donors (Lipinski definition) is 0. The molecule has 0 spiro atoms. The minimum atomic E-state index is -3.50. The molecule has 1 fully saturated rings. The van der Waals surface area contributed by atoms with Gasteiger partial charge < -0.3 is 4.90 Å². The molecule has 2 rings (SSSR count). The van der Waals surface area contributed by atoms with Crippen LogP contribution in [0.1, 0.15) is 58.4 Å². The van der Waals surface area contributed by atoms with Gasteiger partial charge in [0.05, 0.1) is 4.90 Å². The lowest BCUT2D eigenvalue weighted by molar-refractivity contribution is -0.136. The maximum atomic E-state index is 12.9. The SMILES string of the molecule is CCC(CC)C(=O)N1CCN(S(=O)(=O)c2ccc(C(C)CC)cc2)CC1. The van der Waals surface area contributed by atoms with Crippen molar-refractivity contribution in [3.05, 3.63) is 29.8 Å². The van der Waals surface area contributed by atoms with Crippen LogP contribution in [0.15, 0.2) is 29.2 Å². The van der Waals surface area contributed by atoms with Crippen molar-refractivity contribution in [3.63, 3.8) is 0 Å². The Balaban J connectivity index is 2.04. The average molecular weight is 381 g/mol. The van der Waals surface area contributed by atoms with Crippen molar-refractivity contribution in [2.45, 2.75) is 57.8 Å². The van der Waals surface area contributed by atoms with Crippen molar-refractivity contribution >= 4 is 15.9 Å². The van der Waals surface area contributed by atoms with Crippen molar-refractivity contribution in [1.29, 1.82) is 0 Å². The predicted octanol–water partition coefficient (Wildman–Crippen LogP) is 3.47. The number of sulfonamides is 1. The maximum Gasteiger partial charge on any atom is 0.243 e. The standard InChI is InChI=1S/C20H32N2O3S/c1-5-16(4)18-8-10-19(11-9-18)26(24,25)22-14-12-21(13-15-22)20(23)17(6-2)7-3/h8-11,16-17H,5-7,12-15H2,1-4H3. The molecule has 0 N–H and O–H groups in total. The van der Waals surface area contributed by atoms with Crippen LogP contribution in [-0.2, 0) is 14.8 Å². The van der Waals surface area contributed by atoms with Gasteiger partial charge in [-0.2, -0.15) is 4.31 Å². The molecule has 0 aromatic heterocycles. The highest BCUT2D eigenvalue weighted by atomic mass is 32.2. The number of carbonyl (C=O) groups is 1. The molecule has 1 aromatic carbocycles. The number of piperazine rings is 1. The molecule has 1 unspecified atom stereocenters. The second-order valence-electron chi connectivity index (χ2n) is 7.12. The molecule has 1 aliphatic heterocycles. The van der Waals surface area contributed by atoms with Gasteiger partial charge in [-0.05, 0) is 42.9 Å². The van der Waals surface area contributed by atoms with Crippen LogP contribution in [0, 0.1) is 5.92 Å². The zero-order chi connectivity index (χ0) is 19.3. The Bertz CT molecular complexity index is 688. The van der Waals surface area contributed by atoms with Crippen LogP contribution in [0.4, 0.5) is 0 Å². The van der Waals surface area contributed by atoms with E-state index in [-0.39, 0.29) is 11.8 Å². The van der Waals surface area contributed by atoms with Gasteiger partial charge in [-0.3, -0.25) is 4.79 Å². The molecular weight excluding hydrogens is 348 g/mol. The third-order valence-corrected chi connectivity index (χ3v) is 7.50. The Kier molecular flexibility index (Phi) is 7.24. The summed E-state index contributed by atoms with van der Waals surface area (Å²) in [5, 5.41) is 0. The van der Waals surface area contributed by atoms with E-state index < -0.39 is 10.0 Å². The third-order valence-electron chi connectivity index (χ3n) is 5.58. The Labute approximate surface area is 158 Å². The summed E-state index contributed by atoms with van der Waals surface area (Å²) in [6, 6.07) is 7.24. The molecule has 1 aromatic rings. The zero-order valence-corrected chi connectivity index (χ0v) is 17.3. The topological polar surface area (TPSA) is 57.7 Å². The lowest BCUT2D eigenvalue weighted by atomic mass is 9.99. The molecule has 1 aliphatic rings. The third kappa shape index (κ3) is 4.46. The van der Waals surface area contributed by atoms with Crippen molar-refractivity contribution in [1.82, 2.24) is 9.21 Å². The van der Waals surface area contributed by atoms with E-state index in [1.54, 1.807) is 12.1 Å². The van der Waals surface area contributed by atoms with Crippen LogP contribution in [0.25, 0.3) is 0 Å². The van der Waals surface area contributed by atoms with Crippen molar-refractivity contribution in [2.75, 3.05) is 26.2 Å². The molecule has 0 aliphatic carbocycles. The molecule has 26 heavy (non-hydrogen) atoms. The van der Waals surface area contributed by atoms with Crippen LogP contribution in [0.2, 0.25) is 0 Å². The molecule has 0 saturated carbocycles. The molecule has 1 heterocycles. The summed E-state index contributed by atoms with van der Waals surface area (Å²) in [5.41, 5.74) is 1.16. The highest BCUT2D eigenvalue weighted by Crippen LogP contribution is 2.23. The van der Waals surface area contributed by atoms with Gasteiger partial charge in [0.2, 0.25) is 15.9 Å². The summed E-state index contributed by atoms with van der Waals surface area (Å²) in [7, 11) is -3.50. The Hall–Kier alpha value is -1.40. The van der Waals surface area contributed by atoms with E-state index in [2.05, 4.69) is 13.8 Å². The van der Waals surface area contributed by atoms with Gasteiger partial charge >= 0.3 is 0 Å². The summed E-state index contributed by atoms with van der Waals surface area (Å²) in [6.07, 6.45) is 2.69. The summed E-state index contributed by atoms with van der Waals surface area (Å²) < 4.78 is 27.3. The first kappa shape index (κ1) is 20.9. The van der Waals surface area contributed by atoms with Gasteiger partial charge in [0.15, 0.2) is 0 Å². The number of benzene rings is 1. The molecule has 0 radical (unpaired) electrons. The van der Waals surface area contributed by atoms with Crippen molar-refractivity contribution in [3.8, 4) is 0 Å². The summed E-state index contributed by atoms with van der Waals surface area (Å²) in [5.74, 6) is 0.627. The lowest BCUT2D eigenvalue weighted by Gasteiger charge is -2.35. The summed E-state index contributed by atoms with van der Waals surface area (Å²) >= 11 is 0. The van der Waals surface area contributed by atoms with Gasteiger partial charge in [-0.25, -0.2) is 8.42 Å². The van der Waals surface area contributed by atoms with Gasteiger partial charge in [0, 0.05) is 32.1 Å². The van der Waals surface area contributed by atoms with Gasteiger partial charge in [0.25, 0.3) is 0 Å². The number of amides is 1. The number of rotatable bonds is 7. The van der Waals surface area contributed by atoms with Gasteiger partial charge in [-0.1, -0.05) is 39.8 Å². The van der Waals surface area contributed by atoms with Crippen LogP contribution >= 0.6 is 0 Å². The first-order chi connectivity index (χ1) is 12.3. The first-order valence-electron chi connectivity index (χ1n) is 9.73. The first-order valence-corrected chi connectivity index (χ1v) is 11.2. The van der Waals surface area contributed by atoms with E-state index in [9.17, 15) is 13.2 Å². The summed E-state index contributed by atoms with van der Waals surface area (Å²) in [6.45, 7) is 9.98. The fraction of sp³-hybridized carbons (Fsp3) is 0.650. The Morgan fingerprint density at radius 1 is 0.962 bits per heavy atom. The largest absolute Gasteiger partial charge is 0.340 e. The molecule has 6 heteroatoms. The lowest BCUT2D eigenvalue weighted by Crippen LogP contribution is -2.51. The van der Waals surface area contributed by atoms with E-state index in [4.69, 9.17) is 0 Å². The van der Waals surface area contributed by atoms with E-state index in [1.807, 2.05) is 30.9 Å². The Morgan fingerprint density at radius 2 is 1.50 bits per heavy atom. The normalized spacial score (nSPS) is 17.5. The van der Waals surface area contributed by atoms with Crippen LogP contribution in [0.3, 0.4) is 0 Å². The van der Waals surface area contributed by atoms with Crippen LogP contribution in [-0.4, -0.2) is 49.7 Å². The molecular formula is C20H32N2O3S. The second-order valence-corrected chi connectivity index (χ2v) is 9.06.